The lowest BCUT2D eigenvalue weighted by Crippen LogP contribution is -2.46. The number of ether oxygens (including phenoxy) is 3. The molecule has 1 aliphatic heterocycles. The van der Waals surface area contributed by atoms with Crippen LogP contribution in [0, 0.1) is 11.8 Å². The summed E-state index contributed by atoms with van der Waals surface area (Å²) in [6, 6.07) is -0.749. The molecular formula is C20H37NO6. The number of hydrogen-bond donors (Lipinski definition) is 2. The first kappa shape index (κ1) is 23.7. The molecule has 2 N–H and O–H groups in total. The molecule has 0 aliphatic carbocycles. The summed E-state index contributed by atoms with van der Waals surface area (Å²) in [5.74, 6) is -0.0233. The summed E-state index contributed by atoms with van der Waals surface area (Å²) in [5, 5.41) is 12.1. The fraction of sp³-hybridized carbons (Fsp3) is 0.900. The van der Waals surface area contributed by atoms with Crippen LogP contribution in [-0.4, -0.2) is 54.2 Å². The van der Waals surface area contributed by atoms with Crippen LogP contribution in [0.5, 0.6) is 0 Å². The molecule has 0 aromatic carbocycles. The van der Waals surface area contributed by atoms with Gasteiger partial charge in [0.25, 0.3) is 0 Å². The van der Waals surface area contributed by atoms with E-state index in [2.05, 4.69) is 19.2 Å². The molecule has 158 valence electrons. The molecule has 1 fully saturated rings. The van der Waals surface area contributed by atoms with Gasteiger partial charge in [0, 0.05) is 13.2 Å². The van der Waals surface area contributed by atoms with Crippen molar-refractivity contribution in [3.05, 3.63) is 0 Å². The molecule has 0 bridgehead atoms. The highest BCUT2D eigenvalue weighted by Gasteiger charge is 2.35. The predicted molar refractivity (Wildman–Crippen MR) is 102 cm³/mol. The molecule has 7 heteroatoms. The summed E-state index contributed by atoms with van der Waals surface area (Å²) in [6.45, 7) is 11.9. The molecule has 4 atom stereocenters. The normalized spacial score (nSPS) is 27.3. The summed E-state index contributed by atoms with van der Waals surface area (Å²) in [4.78, 5) is 24.6. The molecule has 0 spiro atoms. The van der Waals surface area contributed by atoms with Gasteiger partial charge in [0.05, 0.1) is 6.10 Å². The molecule has 0 aromatic rings. The van der Waals surface area contributed by atoms with Crippen molar-refractivity contribution >= 4 is 12.1 Å². The van der Waals surface area contributed by atoms with E-state index < -0.39 is 29.8 Å². The Kier molecular flexibility index (Phi) is 9.53. The van der Waals surface area contributed by atoms with Crippen molar-refractivity contribution in [3.63, 3.8) is 0 Å². The molecule has 1 aliphatic rings. The molecule has 1 rings (SSSR count). The number of nitrogens with one attached hydrogen (secondary N) is 1. The third-order valence-corrected chi connectivity index (χ3v) is 4.39. The maximum atomic E-state index is 12.6. The number of cyclic esters (lactones) is 1. The third-order valence-electron chi connectivity index (χ3n) is 4.39. The Hall–Kier alpha value is -1.34. The van der Waals surface area contributed by atoms with Gasteiger partial charge in [0.15, 0.2) is 0 Å². The molecule has 7 nitrogen and oxygen atoms in total. The van der Waals surface area contributed by atoms with Gasteiger partial charge in [-0.2, -0.15) is 0 Å². The number of rotatable bonds is 6. The fourth-order valence-electron chi connectivity index (χ4n) is 3.21. The van der Waals surface area contributed by atoms with Crippen molar-refractivity contribution in [1.82, 2.24) is 5.32 Å². The lowest BCUT2D eigenvalue weighted by Gasteiger charge is -2.31. The standard InChI is InChI=1S/C20H37NO6/c1-13(2)12-25-17-14(3)26-18(23)16(9-7-8-15(17)10-11-22)21-19(24)27-20(4,5)6/h13-17,22H,7-12H2,1-6H3,(H,21,24)/t14-,15+,16-,17-/m0/s1. The molecule has 0 saturated carbocycles. The summed E-state index contributed by atoms with van der Waals surface area (Å²) in [7, 11) is 0. The highest BCUT2D eigenvalue weighted by Crippen LogP contribution is 2.27. The first-order valence-electron chi connectivity index (χ1n) is 9.96. The van der Waals surface area contributed by atoms with Crippen molar-refractivity contribution in [2.45, 2.75) is 91.1 Å². The van der Waals surface area contributed by atoms with Gasteiger partial charge in [-0.3, -0.25) is 0 Å². The zero-order chi connectivity index (χ0) is 20.6. The number of aliphatic hydroxyl groups excluding tert-OH is 1. The van der Waals surface area contributed by atoms with E-state index in [1.54, 1.807) is 20.8 Å². The average Bonchev–Trinajstić information content (AvgIpc) is 2.55. The van der Waals surface area contributed by atoms with Crippen LogP contribution in [0.2, 0.25) is 0 Å². The van der Waals surface area contributed by atoms with Crippen molar-refractivity contribution in [2.75, 3.05) is 13.2 Å². The topological polar surface area (TPSA) is 94.1 Å². The zero-order valence-corrected chi connectivity index (χ0v) is 17.6. The Morgan fingerprint density at radius 1 is 1.33 bits per heavy atom. The average molecular weight is 388 g/mol. The van der Waals surface area contributed by atoms with Crippen LogP contribution in [-0.2, 0) is 19.0 Å². The number of esters is 1. The Balaban J connectivity index is 2.84. The monoisotopic (exact) mass is 387 g/mol. The van der Waals surface area contributed by atoms with Crippen LogP contribution in [0.3, 0.4) is 0 Å². The zero-order valence-electron chi connectivity index (χ0n) is 17.6. The Morgan fingerprint density at radius 3 is 2.56 bits per heavy atom. The highest BCUT2D eigenvalue weighted by molar-refractivity contribution is 5.81. The first-order chi connectivity index (χ1) is 12.5. The molecule has 1 heterocycles. The van der Waals surface area contributed by atoms with Gasteiger partial charge in [-0.1, -0.05) is 20.3 Å². The lowest BCUT2D eigenvalue weighted by molar-refractivity contribution is -0.162. The second-order valence-corrected chi connectivity index (χ2v) is 8.74. The van der Waals surface area contributed by atoms with Gasteiger partial charge >= 0.3 is 12.1 Å². The van der Waals surface area contributed by atoms with Crippen LogP contribution < -0.4 is 5.32 Å². The maximum absolute atomic E-state index is 12.6. The number of alkyl carbamates (subject to hydrolysis) is 1. The van der Waals surface area contributed by atoms with Crippen LogP contribution in [0.25, 0.3) is 0 Å². The molecule has 0 radical (unpaired) electrons. The largest absolute Gasteiger partial charge is 0.458 e. The Morgan fingerprint density at radius 2 is 2.00 bits per heavy atom. The number of carbonyl (C=O) groups is 2. The maximum Gasteiger partial charge on any atom is 0.408 e. The Labute approximate surface area is 163 Å². The summed E-state index contributed by atoms with van der Waals surface area (Å²) < 4.78 is 16.9. The second kappa shape index (κ2) is 10.9. The van der Waals surface area contributed by atoms with Crippen molar-refractivity contribution in [1.29, 1.82) is 0 Å². The minimum atomic E-state index is -0.749. The van der Waals surface area contributed by atoms with Gasteiger partial charge in [0.2, 0.25) is 0 Å². The molecule has 0 unspecified atom stereocenters. The summed E-state index contributed by atoms with van der Waals surface area (Å²) in [5.41, 5.74) is -0.637. The van der Waals surface area contributed by atoms with Gasteiger partial charge in [-0.05, 0) is 58.8 Å². The van der Waals surface area contributed by atoms with Gasteiger partial charge < -0.3 is 24.6 Å². The fourth-order valence-corrected chi connectivity index (χ4v) is 3.21. The molecule has 1 amide bonds. The van der Waals surface area contributed by atoms with Crippen molar-refractivity contribution in [2.24, 2.45) is 11.8 Å². The van der Waals surface area contributed by atoms with E-state index in [0.29, 0.717) is 31.8 Å². The van der Waals surface area contributed by atoms with Gasteiger partial charge in [-0.25, -0.2) is 9.59 Å². The van der Waals surface area contributed by atoms with Gasteiger partial charge in [0.1, 0.15) is 17.7 Å². The van der Waals surface area contributed by atoms with Crippen LogP contribution in [0.1, 0.15) is 67.2 Å². The van der Waals surface area contributed by atoms with E-state index in [1.807, 2.05) is 6.92 Å². The van der Waals surface area contributed by atoms with E-state index in [4.69, 9.17) is 14.2 Å². The Bertz CT molecular complexity index is 474. The molecule has 1 saturated heterocycles. The van der Waals surface area contributed by atoms with Gasteiger partial charge in [-0.15, -0.1) is 0 Å². The molecule has 0 aromatic heterocycles. The van der Waals surface area contributed by atoms with Crippen molar-refractivity contribution < 1.29 is 28.9 Å². The summed E-state index contributed by atoms with van der Waals surface area (Å²) in [6.07, 6.45) is 1.19. The van der Waals surface area contributed by atoms with E-state index >= 15 is 0 Å². The number of hydrogen-bond acceptors (Lipinski definition) is 6. The van der Waals surface area contributed by atoms with Crippen LogP contribution in [0.15, 0.2) is 0 Å². The predicted octanol–water partition coefficient (Wildman–Crippen LogP) is 3.04. The SMILES string of the molecule is CC(C)CO[C@@H]1[C@@H](CCO)CCC[C@H](NC(=O)OC(C)(C)C)C(=O)O[C@H]1C. The lowest BCUT2D eigenvalue weighted by atomic mass is 9.89. The number of carbonyl (C=O) groups excluding carboxylic acids is 2. The van der Waals surface area contributed by atoms with E-state index in [9.17, 15) is 14.7 Å². The van der Waals surface area contributed by atoms with E-state index in [1.165, 1.54) is 0 Å². The molecular weight excluding hydrogens is 350 g/mol. The van der Waals surface area contributed by atoms with Crippen molar-refractivity contribution in [3.8, 4) is 0 Å². The quantitative estimate of drug-likeness (QED) is 0.681. The molecule has 27 heavy (non-hydrogen) atoms. The van der Waals surface area contributed by atoms with Crippen LogP contribution in [0.4, 0.5) is 4.79 Å². The third kappa shape index (κ3) is 8.93. The first-order valence-corrected chi connectivity index (χ1v) is 9.96. The van der Waals surface area contributed by atoms with Crippen LogP contribution >= 0.6 is 0 Å². The number of amides is 1. The number of aliphatic hydroxyl groups is 1. The minimum Gasteiger partial charge on any atom is -0.458 e. The second-order valence-electron chi connectivity index (χ2n) is 8.74. The summed E-state index contributed by atoms with van der Waals surface area (Å²) >= 11 is 0. The smallest absolute Gasteiger partial charge is 0.408 e. The van der Waals surface area contributed by atoms with E-state index in [-0.39, 0.29) is 18.6 Å². The highest BCUT2D eigenvalue weighted by atomic mass is 16.6. The van der Waals surface area contributed by atoms with E-state index in [0.717, 1.165) is 6.42 Å². The minimum absolute atomic E-state index is 0.0620.